The Morgan fingerprint density at radius 1 is 0.845 bits per heavy atom. The molecule has 58 heavy (non-hydrogen) atoms. The third-order valence-corrected chi connectivity index (χ3v) is 10.7. The standard InChI is InChI=1S/C23H25NO.C14H22O.C13H19FO.CH4BN/c1-23(2,3)16-8-13-22(25)24-17-20-11-5-4-9-18(20)14-15-19-10-6-7-12-21(19)24;1-14(2,3)15-10-13-11-8-6-4-5-7-9-12(11)13;1-12(2,3)11(15)13(14)9-7-5-4-6-8-10-13;1-2-3/h4-7,9-12H,8,13,16-17H2,1-3H3;11-13H,6-10H2,1-3H3;4-7,9H2,1-3H3;3H,1H3/t;11-,12+,13?;;. The number of carbonyl (C=O) groups is 2. The summed E-state index contributed by atoms with van der Waals surface area (Å²) in [6.07, 6.45) is 11.1. The summed E-state index contributed by atoms with van der Waals surface area (Å²) in [4.78, 5) is 26.8. The molecule has 1 aliphatic heterocycles. The number of para-hydroxylation sites is 1. The number of ether oxygens (including phenoxy) is 1. The van der Waals surface area contributed by atoms with Crippen LogP contribution in [0.5, 0.6) is 0 Å². The van der Waals surface area contributed by atoms with Gasteiger partial charge < -0.3 is 9.64 Å². The second kappa shape index (κ2) is 22.4. The molecule has 312 valence electrons. The van der Waals surface area contributed by atoms with E-state index < -0.39 is 11.1 Å². The second-order valence-electron chi connectivity index (χ2n) is 19.2. The molecule has 6 rings (SSSR count). The molecule has 1 heterocycles. The van der Waals surface area contributed by atoms with Crippen LogP contribution in [0.15, 0.2) is 48.5 Å². The Labute approximate surface area is 352 Å². The first kappa shape index (κ1) is 48.4. The number of benzene rings is 2. The maximum absolute atomic E-state index is 14.4. The van der Waals surface area contributed by atoms with Gasteiger partial charge in [-0.25, -0.2) is 4.39 Å². The minimum atomic E-state index is -1.90. The van der Waals surface area contributed by atoms with Crippen molar-refractivity contribution in [3.63, 3.8) is 0 Å². The van der Waals surface area contributed by atoms with E-state index in [1.807, 2.05) is 47.4 Å². The van der Waals surface area contributed by atoms with Crippen LogP contribution in [0, 0.1) is 69.4 Å². The molecular weight excluding hydrogens is 718 g/mol. The van der Waals surface area contributed by atoms with Crippen LogP contribution in [-0.2, 0) is 20.9 Å². The molecule has 2 unspecified atom stereocenters. The van der Waals surface area contributed by atoms with Gasteiger partial charge in [-0.1, -0.05) is 102 Å². The molecule has 3 aliphatic carbocycles. The molecule has 1 saturated carbocycles. The van der Waals surface area contributed by atoms with Crippen molar-refractivity contribution < 1.29 is 18.7 Å². The van der Waals surface area contributed by atoms with Crippen molar-refractivity contribution in [1.82, 2.24) is 0 Å². The van der Waals surface area contributed by atoms with E-state index in [1.165, 1.54) is 19.9 Å². The van der Waals surface area contributed by atoms with Crippen LogP contribution in [0.1, 0.15) is 156 Å². The van der Waals surface area contributed by atoms with Crippen molar-refractivity contribution >= 4 is 24.4 Å². The fourth-order valence-corrected chi connectivity index (χ4v) is 7.53. The minimum absolute atomic E-state index is 0.0222. The molecule has 2 aromatic rings. The quantitative estimate of drug-likeness (QED) is 0.234. The van der Waals surface area contributed by atoms with Gasteiger partial charge in [-0.05, 0) is 106 Å². The number of Topliss-reactive ketones (excluding diaryl/α,β-unsaturated/α-hetero) is 1. The van der Waals surface area contributed by atoms with Gasteiger partial charge in [0.05, 0.1) is 24.4 Å². The van der Waals surface area contributed by atoms with Gasteiger partial charge in [-0.15, -0.1) is 11.8 Å². The number of halogens is 1. The number of ketones is 1. The number of carbonyl (C=O) groups excluding carboxylic acids is 2. The van der Waals surface area contributed by atoms with Crippen LogP contribution in [0.2, 0.25) is 6.82 Å². The summed E-state index contributed by atoms with van der Waals surface area (Å²) >= 11 is 0. The first-order valence-electron chi connectivity index (χ1n) is 21.6. The van der Waals surface area contributed by atoms with E-state index in [0.717, 1.165) is 91.7 Å². The van der Waals surface area contributed by atoms with Gasteiger partial charge in [0.15, 0.2) is 5.78 Å². The molecule has 1 amide bonds. The van der Waals surface area contributed by atoms with Crippen molar-refractivity contribution in [3.05, 3.63) is 65.2 Å². The number of nitrogens with one attached hydrogen (secondary N) is 1. The molecule has 0 radical (unpaired) electrons. The number of amides is 1. The van der Waals surface area contributed by atoms with Gasteiger partial charge in [0, 0.05) is 48.6 Å². The van der Waals surface area contributed by atoms with Crippen molar-refractivity contribution in [3.8, 4) is 35.5 Å². The van der Waals surface area contributed by atoms with Crippen LogP contribution in [0.4, 0.5) is 10.1 Å². The third kappa shape index (κ3) is 16.3. The van der Waals surface area contributed by atoms with E-state index in [9.17, 15) is 14.0 Å². The third-order valence-electron chi connectivity index (χ3n) is 10.7. The van der Waals surface area contributed by atoms with E-state index in [0.29, 0.717) is 19.4 Å². The molecule has 2 aromatic carbocycles. The number of hydrogen-bond donors (Lipinski definition) is 1. The average molecular weight is 789 g/mol. The monoisotopic (exact) mass is 789 g/mol. The van der Waals surface area contributed by atoms with Crippen molar-refractivity contribution in [2.45, 2.75) is 164 Å². The topological polar surface area (TPSA) is 70.5 Å². The summed E-state index contributed by atoms with van der Waals surface area (Å²) < 4.78 is 20.3. The predicted octanol–water partition coefficient (Wildman–Crippen LogP) is 12.2. The summed E-state index contributed by atoms with van der Waals surface area (Å²) in [7, 11) is 1.25. The zero-order chi connectivity index (χ0) is 43.0. The Balaban J connectivity index is 0.000000236. The van der Waals surface area contributed by atoms with Crippen LogP contribution in [0.3, 0.4) is 0 Å². The summed E-state index contributed by atoms with van der Waals surface area (Å²) in [6.45, 7) is 21.5. The maximum atomic E-state index is 14.4. The van der Waals surface area contributed by atoms with Crippen LogP contribution >= 0.6 is 0 Å². The molecule has 1 N–H and O–H groups in total. The van der Waals surface area contributed by atoms with E-state index in [2.05, 4.69) is 83.1 Å². The van der Waals surface area contributed by atoms with E-state index in [1.54, 1.807) is 27.6 Å². The molecule has 0 bridgehead atoms. The molecule has 0 spiro atoms. The SMILES string of the molecule is CB=N.CC(C)(C)C(=O)C1(F)C#CCCCCC1.CC(C)(C)CCCC(=O)N1Cc2ccccc2C#Cc2ccccc21.CC(C)(C)OCC1[C@H]2CCC#CCC[C@@H]12. The largest absolute Gasteiger partial charge is 0.376 e. The Hall–Kier alpha value is -3.99. The Morgan fingerprint density at radius 3 is 2.03 bits per heavy atom. The molecule has 0 saturated heterocycles. The van der Waals surface area contributed by atoms with E-state index in [4.69, 9.17) is 10.0 Å². The van der Waals surface area contributed by atoms with Gasteiger partial charge in [-0.3, -0.25) is 9.59 Å². The van der Waals surface area contributed by atoms with Gasteiger partial charge in [0.2, 0.25) is 11.6 Å². The first-order chi connectivity index (χ1) is 27.3. The van der Waals surface area contributed by atoms with Crippen LogP contribution in [0.25, 0.3) is 0 Å². The van der Waals surface area contributed by atoms with Crippen LogP contribution in [-0.4, -0.2) is 36.6 Å². The van der Waals surface area contributed by atoms with Crippen molar-refractivity contribution in [1.29, 1.82) is 5.31 Å². The fourth-order valence-electron chi connectivity index (χ4n) is 7.53. The van der Waals surface area contributed by atoms with Gasteiger partial charge in [0.1, 0.15) is 0 Å². The molecule has 1 fully saturated rings. The minimum Gasteiger partial charge on any atom is -0.376 e. The summed E-state index contributed by atoms with van der Waals surface area (Å²) in [6, 6.07) is 16.0. The molecular formula is C51H70BFN2O3. The molecule has 4 aliphatic rings. The van der Waals surface area contributed by atoms with Crippen molar-refractivity contribution in [2.75, 3.05) is 11.5 Å². The molecule has 0 aromatic heterocycles. The Bertz CT molecular complexity index is 1850. The second-order valence-corrected chi connectivity index (χ2v) is 19.2. The fraction of sp³-hybridized carbons (Fsp3) is 0.608. The zero-order valence-electron chi connectivity index (χ0n) is 37.4. The first-order valence-corrected chi connectivity index (χ1v) is 21.6. The van der Waals surface area contributed by atoms with Crippen molar-refractivity contribution in [2.24, 2.45) is 28.6 Å². The maximum Gasteiger partial charge on any atom is 0.229 e. The number of fused-ring (bicyclic) bond motifs is 3. The Kier molecular flexibility index (Phi) is 18.7. The molecule has 4 atom stereocenters. The number of anilines is 1. The molecule has 5 nitrogen and oxygen atoms in total. The number of nitrogens with zero attached hydrogens (tertiary/aromatic N) is 1. The number of hydrogen-bond acceptors (Lipinski definition) is 4. The van der Waals surface area contributed by atoms with E-state index in [-0.39, 0.29) is 29.1 Å². The summed E-state index contributed by atoms with van der Waals surface area (Å²) in [5.74, 6) is 20.8. The van der Waals surface area contributed by atoms with Gasteiger partial charge in [0.25, 0.3) is 0 Å². The number of alkyl halides is 1. The van der Waals surface area contributed by atoms with Crippen LogP contribution < -0.4 is 4.90 Å². The number of rotatable bonds is 6. The van der Waals surface area contributed by atoms with Gasteiger partial charge in [-0.2, -0.15) is 0 Å². The summed E-state index contributed by atoms with van der Waals surface area (Å²) in [5.41, 5.74) is 1.67. The summed E-state index contributed by atoms with van der Waals surface area (Å²) in [5, 5.41) is 6.08. The molecule has 7 heteroatoms. The predicted molar refractivity (Wildman–Crippen MR) is 239 cm³/mol. The Morgan fingerprint density at radius 2 is 1.43 bits per heavy atom. The van der Waals surface area contributed by atoms with Gasteiger partial charge >= 0.3 is 19.2 Å². The average Bonchev–Trinajstić information content (AvgIpc) is 3.78. The van der Waals surface area contributed by atoms with E-state index >= 15 is 0 Å². The normalized spacial score (nSPS) is 21.7. The smallest absolute Gasteiger partial charge is 0.229 e. The zero-order valence-corrected chi connectivity index (χ0v) is 37.4.